The topological polar surface area (TPSA) is 68.0 Å². The molecule has 1 heterocycles. The van der Waals surface area contributed by atoms with Crippen LogP contribution in [0.2, 0.25) is 0 Å². The first-order chi connectivity index (χ1) is 13.0. The van der Waals surface area contributed by atoms with Gasteiger partial charge in [-0.2, -0.15) is 0 Å². The summed E-state index contributed by atoms with van der Waals surface area (Å²) in [6.07, 6.45) is 0.812. The van der Waals surface area contributed by atoms with Crippen molar-refractivity contribution in [1.29, 1.82) is 0 Å². The molecule has 5 nitrogen and oxygen atoms in total. The number of rotatable bonds is 7. The van der Waals surface area contributed by atoms with E-state index in [0.717, 1.165) is 16.9 Å². The molecule has 0 fully saturated rings. The lowest BCUT2D eigenvalue weighted by molar-refractivity contribution is -0.115. The number of nitrogens with zero attached hydrogens (tertiary/aromatic N) is 2. The molecule has 1 amide bonds. The molecule has 0 unspecified atom stereocenters. The number of hydrogen-bond acceptors (Lipinski definition) is 5. The number of carbonyl (C=O) groups excluding carboxylic acids is 1. The molecule has 0 saturated heterocycles. The summed E-state index contributed by atoms with van der Waals surface area (Å²) in [5, 5.41) is 10.6. The highest BCUT2D eigenvalue weighted by Gasteiger charge is 2.11. The Balaban J connectivity index is 1.56. The fourth-order valence-electron chi connectivity index (χ4n) is 2.68. The van der Waals surface area contributed by atoms with Crippen molar-refractivity contribution < 1.29 is 9.21 Å². The zero-order chi connectivity index (χ0) is 19.2. The molecule has 3 rings (SSSR count). The summed E-state index contributed by atoms with van der Waals surface area (Å²) in [5.74, 6) is 1.34. The van der Waals surface area contributed by atoms with Crippen molar-refractivity contribution in [2.75, 3.05) is 11.1 Å². The average molecular weight is 382 g/mol. The van der Waals surface area contributed by atoms with Gasteiger partial charge in [-0.3, -0.25) is 10.1 Å². The number of benzene rings is 2. The van der Waals surface area contributed by atoms with Gasteiger partial charge in [0.15, 0.2) is 0 Å². The van der Waals surface area contributed by atoms with Crippen LogP contribution in [0.15, 0.2) is 51.8 Å². The van der Waals surface area contributed by atoms with Gasteiger partial charge >= 0.3 is 6.01 Å². The second kappa shape index (κ2) is 8.86. The molecule has 0 atom stereocenters. The van der Waals surface area contributed by atoms with Gasteiger partial charge in [-0.1, -0.05) is 42.4 Å². The van der Waals surface area contributed by atoms with Crippen LogP contribution in [-0.2, 0) is 17.6 Å². The smallest absolute Gasteiger partial charge is 0.322 e. The van der Waals surface area contributed by atoms with E-state index < -0.39 is 0 Å². The van der Waals surface area contributed by atoms with Gasteiger partial charge in [-0.25, -0.2) is 0 Å². The van der Waals surface area contributed by atoms with Gasteiger partial charge in [0.1, 0.15) is 0 Å². The molecule has 0 spiro atoms. The number of thioether (sulfide) groups is 1. The maximum absolute atomic E-state index is 12.2. The van der Waals surface area contributed by atoms with Crippen molar-refractivity contribution >= 4 is 23.7 Å². The Bertz CT molecular complexity index is 919. The molecule has 27 heavy (non-hydrogen) atoms. The average Bonchev–Trinajstić information content (AvgIpc) is 3.07. The van der Waals surface area contributed by atoms with E-state index in [1.165, 1.54) is 16.0 Å². The van der Waals surface area contributed by atoms with Crippen molar-refractivity contribution in [1.82, 2.24) is 10.2 Å². The molecular formula is C21H23N3O2S. The van der Waals surface area contributed by atoms with Crippen molar-refractivity contribution in [2.45, 2.75) is 38.5 Å². The fourth-order valence-corrected chi connectivity index (χ4v) is 3.34. The third-order valence-corrected chi connectivity index (χ3v) is 5.13. The number of aryl methyl sites for hydroxylation is 2. The van der Waals surface area contributed by atoms with E-state index >= 15 is 0 Å². The normalized spacial score (nSPS) is 10.8. The van der Waals surface area contributed by atoms with Crippen LogP contribution in [0.4, 0.5) is 6.01 Å². The molecule has 0 bridgehead atoms. The number of carbonyl (C=O) groups is 1. The van der Waals surface area contributed by atoms with Crippen LogP contribution in [0, 0.1) is 13.8 Å². The van der Waals surface area contributed by atoms with Gasteiger partial charge in [0.25, 0.3) is 0 Å². The Morgan fingerprint density at radius 3 is 2.48 bits per heavy atom. The minimum atomic E-state index is -0.174. The molecule has 140 valence electrons. The summed E-state index contributed by atoms with van der Waals surface area (Å²) in [5.41, 5.74) is 4.52. The predicted molar refractivity (Wildman–Crippen MR) is 108 cm³/mol. The van der Waals surface area contributed by atoms with Crippen LogP contribution in [0.3, 0.4) is 0 Å². The minimum Gasteiger partial charge on any atom is -0.407 e. The lowest BCUT2D eigenvalue weighted by Crippen LogP contribution is -2.14. The molecule has 0 aliphatic carbocycles. The van der Waals surface area contributed by atoms with E-state index in [2.05, 4.69) is 48.4 Å². The van der Waals surface area contributed by atoms with Gasteiger partial charge in [0, 0.05) is 4.90 Å². The Labute approximate surface area is 163 Å². The van der Waals surface area contributed by atoms with Crippen LogP contribution in [0.5, 0.6) is 0 Å². The molecule has 0 aliphatic heterocycles. The fraction of sp³-hybridized carbons (Fsp3) is 0.286. The van der Waals surface area contributed by atoms with Gasteiger partial charge < -0.3 is 4.42 Å². The number of amides is 1. The van der Waals surface area contributed by atoms with E-state index in [1.807, 2.05) is 30.3 Å². The van der Waals surface area contributed by atoms with Crippen molar-refractivity contribution in [3.8, 4) is 0 Å². The van der Waals surface area contributed by atoms with Gasteiger partial charge in [0.05, 0.1) is 12.8 Å². The highest BCUT2D eigenvalue weighted by atomic mass is 32.2. The largest absolute Gasteiger partial charge is 0.407 e. The summed E-state index contributed by atoms with van der Waals surface area (Å²) >= 11 is 1.78. The number of hydrogen-bond donors (Lipinski definition) is 1. The lowest BCUT2D eigenvalue weighted by atomic mass is 10.0. The number of anilines is 1. The third-order valence-electron chi connectivity index (χ3n) is 4.24. The standard InChI is InChI=1S/C21H23N3O2S/c1-4-27-18-9-7-16(8-10-18)12-19(25)22-21-24-23-20(26-21)13-17-6-5-14(2)15(3)11-17/h5-11H,4,12-13H2,1-3H3,(H,22,24,25). The molecular weight excluding hydrogens is 358 g/mol. The lowest BCUT2D eigenvalue weighted by Gasteiger charge is -2.03. The van der Waals surface area contributed by atoms with E-state index in [0.29, 0.717) is 12.3 Å². The second-order valence-electron chi connectivity index (χ2n) is 6.40. The molecule has 1 N–H and O–H groups in total. The maximum Gasteiger partial charge on any atom is 0.322 e. The molecule has 2 aromatic carbocycles. The van der Waals surface area contributed by atoms with E-state index in [-0.39, 0.29) is 18.3 Å². The maximum atomic E-state index is 12.2. The first-order valence-corrected chi connectivity index (χ1v) is 9.92. The molecule has 6 heteroatoms. The Hall–Kier alpha value is -2.60. The van der Waals surface area contributed by atoms with Crippen LogP contribution in [-0.4, -0.2) is 21.9 Å². The van der Waals surface area contributed by atoms with Crippen LogP contribution >= 0.6 is 11.8 Å². The quantitative estimate of drug-likeness (QED) is 0.607. The van der Waals surface area contributed by atoms with Gasteiger partial charge in [0.2, 0.25) is 11.8 Å². The summed E-state index contributed by atoms with van der Waals surface area (Å²) in [7, 11) is 0. The first-order valence-electron chi connectivity index (χ1n) is 8.93. The van der Waals surface area contributed by atoms with Crippen LogP contribution in [0.25, 0.3) is 0 Å². The Kier molecular flexibility index (Phi) is 6.29. The number of aromatic nitrogens is 2. The Morgan fingerprint density at radius 2 is 1.78 bits per heavy atom. The van der Waals surface area contributed by atoms with Crippen molar-refractivity contribution in [3.63, 3.8) is 0 Å². The van der Waals surface area contributed by atoms with E-state index in [4.69, 9.17) is 4.42 Å². The molecule has 1 aromatic heterocycles. The highest BCUT2D eigenvalue weighted by molar-refractivity contribution is 7.99. The van der Waals surface area contributed by atoms with Gasteiger partial charge in [-0.05, 0) is 54.0 Å². The van der Waals surface area contributed by atoms with E-state index in [1.54, 1.807) is 11.8 Å². The molecule has 3 aromatic rings. The van der Waals surface area contributed by atoms with Crippen molar-refractivity contribution in [3.05, 3.63) is 70.6 Å². The zero-order valence-electron chi connectivity index (χ0n) is 15.8. The summed E-state index contributed by atoms with van der Waals surface area (Å²) in [6, 6.07) is 14.4. The SMILES string of the molecule is CCSc1ccc(CC(=O)Nc2nnc(Cc3ccc(C)c(C)c3)o2)cc1. The van der Waals surface area contributed by atoms with Gasteiger partial charge in [-0.15, -0.1) is 16.9 Å². The highest BCUT2D eigenvalue weighted by Crippen LogP contribution is 2.18. The second-order valence-corrected chi connectivity index (χ2v) is 7.74. The predicted octanol–water partition coefficient (Wildman–Crippen LogP) is 4.57. The van der Waals surface area contributed by atoms with E-state index in [9.17, 15) is 4.79 Å². The number of nitrogens with one attached hydrogen (secondary N) is 1. The summed E-state index contributed by atoms with van der Waals surface area (Å²) < 4.78 is 5.56. The van der Waals surface area contributed by atoms with Crippen LogP contribution in [0.1, 0.15) is 35.1 Å². The van der Waals surface area contributed by atoms with Crippen LogP contribution < -0.4 is 5.32 Å². The summed E-state index contributed by atoms with van der Waals surface area (Å²) in [6.45, 7) is 6.27. The Morgan fingerprint density at radius 1 is 1.04 bits per heavy atom. The third kappa shape index (κ3) is 5.44. The zero-order valence-corrected chi connectivity index (χ0v) is 16.6. The minimum absolute atomic E-state index is 0.136. The molecule has 0 radical (unpaired) electrons. The first kappa shape index (κ1) is 19.2. The molecule has 0 saturated carbocycles. The monoisotopic (exact) mass is 381 g/mol. The summed E-state index contributed by atoms with van der Waals surface area (Å²) in [4.78, 5) is 13.4. The van der Waals surface area contributed by atoms with Crippen molar-refractivity contribution in [2.24, 2.45) is 0 Å². The molecule has 0 aliphatic rings.